The predicted molar refractivity (Wildman–Crippen MR) is 132 cm³/mol. The van der Waals surface area contributed by atoms with E-state index >= 15 is 0 Å². The topological polar surface area (TPSA) is 74.3 Å². The second-order valence-electron chi connectivity index (χ2n) is 10.2. The second kappa shape index (κ2) is 14.0. The molecule has 0 saturated heterocycles. The van der Waals surface area contributed by atoms with Crippen LogP contribution in [0.4, 0.5) is 0 Å². The zero-order chi connectivity index (χ0) is 24.6. The Morgan fingerprint density at radius 1 is 0.625 bits per heavy atom. The number of nitrogens with zero attached hydrogens (tertiary/aromatic N) is 2. The molecule has 0 atom stereocenters. The van der Waals surface area contributed by atoms with Gasteiger partial charge in [0.1, 0.15) is 0 Å². The summed E-state index contributed by atoms with van der Waals surface area (Å²) >= 11 is 0. The molecule has 2 rings (SSSR count). The van der Waals surface area contributed by atoms with Gasteiger partial charge in [0.15, 0.2) is 0 Å². The minimum absolute atomic E-state index is 0. The predicted octanol–water partition coefficient (Wildman–Crippen LogP) is 5.87. The Bertz CT molecular complexity index is 766. The van der Waals surface area contributed by atoms with Crippen molar-refractivity contribution in [2.75, 3.05) is 28.2 Å². The fourth-order valence-electron chi connectivity index (χ4n) is 3.28. The second-order valence-corrected chi connectivity index (χ2v) is 10.2. The van der Waals surface area contributed by atoms with Crippen LogP contribution in [-0.4, -0.2) is 28.2 Å². The summed E-state index contributed by atoms with van der Waals surface area (Å²) < 4.78 is 0. The van der Waals surface area contributed by atoms with E-state index in [0.717, 1.165) is 22.3 Å². The molecule has 0 N–H and O–H groups in total. The Labute approximate surface area is 212 Å². The van der Waals surface area contributed by atoms with Crippen molar-refractivity contribution < 1.29 is 31.9 Å². The van der Waals surface area contributed by atoms with Crippen molar-refractivity contribution >= 4 is 0 Å². The van der Waals surface area contributed by atoms with Crippen LogP contribution in [0.1, 0.15) is 74.9 Å². The van der Waals surface area contributed by atoms with E-state index in [4.69, 9.17) is 0 Å². The van der Waals surface area contributed by atoms with E-state index in [2.05, 4.69) is 52.2 Å². The summed E-state index contributed by atoms with van der Waals surface area (Å²) in [4.78, 5) is 0. The van der Waals surface area contributed by atoms with Crippen LogP contribution in [0.3, 0.4) is 0 Å². The van der Waals surface area contributed by atoms with Gasteiger partial charge in [-0.3, -0.25) is 0 Å². The van der Waals surface area contributed by atoms with Crippen LogP contribution in [0.25, 0.3) is 10.6 Å². The Morgan fingerprint density at radius 3 is 1.09 bits per heavy atom. The first-order chi connectivity index (χ1) is 14.1. The van der Waals surface area contributed by atoms with Gasteiger partial charge >= 0.3 is 21.7 Å². The maximum atomic E-state index is 12.9. The van der Waals surface area contributed by atoms with Gasteiger partial charge in [-0.1, -0.05) is 88.1 Å². The summed E-state index contributed by atoms with van der Waals surface area (Å²) in [5.41, 5.74) is 4.78. The van der Waals surface area contributed by atoms with Crippen LogP contribution in [0.2, 0.25) is 0 Å². The molecule has 0 fully saturated rings. The van der Waals surface area contributed by atoms with E-state index in [1.807, 2.05) is 38.1 Å². The quantitative estimate of drug-likeness (QED) is 0.510. The molecule has 0 heterocycles. The molecule has 32 heavy (non-hydrogen) atoms. The standard InChI is InChI=1S/C23H32O2.2C2H6N.Ti/c1-14-9-16(20(24)18(11-14)22(3,4)5)13-17-10-15(2)12-19(21(17)25)23(6,7)8;2*1-3-2;/h9-12,24-25H,13H2,1-8H3;2*1-2H3;/q;2*-1;+4/p-2. The molecule has 5 heteroatoms. The molecule has 0 bridgehead atoms. The zero-order valence-electron chi connectivity index (χ0n) is 22.2. The third-order valence-electron chi connectivity index (χ3n) is 4.62. The Morgan fingerprint density at radius 2 is 0.875 bits per heavy atom. The van der Waals surface area contributed by atoms with Crippen LogP contribution in [0.5, 0.6) is 11.5 Å². The Balaban J connectivity index is 0. The van der Waals surface area contributed by atoms with E-state index in [1.165, 1.54) is 0 Å². The molecule has 2 aromatic carbocycles. The van der Waals surface area contributed by atoms with Crippen LogP contribution < -0.4 is 10.2 Å². The van der Waals surface area contributed by atoms with Crippen molar-refractivity contribution in [3.63, 3.8) is 0 Å². The summed E-state index contributed by atoms with van der Waals surface area (Å²) in [5.74, 6) is 0.132. The van der Waals surface area contributed by atoms with Crippen molar-refractivity contribution in [3.05, 3.63) is 68.3 Å². The smallest absolute Gasteiger partial charge is 0.872 e. The number of rotatable bonds is 2. The van der Waals surface area contributed by atoms with Crippen LogP contribution in [0.15, 0.2) is 24.3 Å². The maximum Gasteiger partial charge on any atom is 4.00 e. The number of benzene rings is 2. The summed E-state index contributed by atoms with van der Waals surface area (Å²) in [5, 5.41) is 32.9. The molecular weight excluding hydrogens is 432 g/mol. The minimum Gasteiger partial charge on any atom is -0.872 e. The van der Waals surface area contributed by atoms with E-state index in [-0.39, 0.29) is 44.0 Å². The molecule has 0 aliphatic heterocycles. The number of aryl methyl sites for hydroxylation is 2. The first-order valence-electron chi connectivity index (χ1n) is 10.7. The SMILES string of the molecule is C[N-]C.C[N-]C.Cc1cc(Cc2cc(C)cc(C(C)(C)C)c2[O-])c([O-])c(C(C)(C)C)c1.[Ti+4]. The van der Waals surface area contributed by atoms with Crippen LogP contribution in [0, 0.1) is 13.8 Å². The summed E-state index contributed by atoms with van der Waals surface area (Å²) in [7, 11) is 7.00. The van der Waals surface area contributed by atoms with Crippen molar-refractivity contribution in [2.45, 2.75) is 72.6 Å². The maximum absolute atomic E-state index is 12.9. The third-order valence-corrected chi connectivity index (χ3v) is 4.62. The fraction of sp³-hybridized carbons (Fsp3) is 0.556. The normalized spacial score (nSPS) is 10.9. The molecule has 0 aliphatic carbocycles. The number of hydrogen-bond donors (Lipinski definition) is 0. The minimum atomic E-state index is -0.207. The van der Waals surface area contributed by atoms with E-state index in [0.29, 0.717) is 17.5 Å². The molecular formula is C27H42N2O2Ti. The Hall–Kier alpha value is -1.33. The molecule has 0 aliphatic rings. The largest absolute Gasteiger partial charge is 4.00 e. The van der Waals surface area contributed by atoms with E-state index in [9.17, 15) is 10.2 Å². The Kier molecular flexibility index (Phi) is 14.4. The first kappa shape index (κ1) is 32.9. The average Bonchev–Trinajstić information content (AvgIpc) is 2.60. The molecule has 0 amide bonds. The third kappa shape index (κ3) is 10.1. The molecule has 0 unspecified atom stereocenters. The van der Waals surface area contributed by atoms with E-state index in [1.54, 1.807) is 28.2 Å². The van der Waals surface area contributed by atoms with Crippen molar-refractivity contribution in [3.8, 4) is 11.5 Å². The zero-order valence-corrected chi connectivity index (χ0v) is 23.8. The molecule has 0 saturated carbocycles. The van der Waals surface area contributed by atoms with Gasteiger partial charge in [0.05, 0.1) is 0 Å². The van der Waals surface area contributed by atoms with Gasteiger partial charge in [0.25, 0.3) is 0 Å². The number of hydrogen-bond acceptors (Lipinski definition) is 2. The van der Waals surface area contributed by atoms with E-state index < -0.39 is 0 Å². The van der Waals surface area contributed by atoms with Crippen molar-refractivity contribution in [1.82, 2.24) is 0 Å². The van der Waals surface area contributed by atoms with Gasteiger partial charge in [-0.2, -0.15) is 28.2 Å². The molecule has 0 spiro atoms. The fourth-order valence-corrected chi connectivity index (χ4v) is 3.28. The molecule has 2 aromatic rings. The summed E-state index contributed by atoms with van der Waals surface area (Å²) in [6, 6.07) is 7.80. The van der Waals surface area contributed by atoms with Crippen LogP contribution >= 0.6 is 0 Å². The monoisotopic (exact) mass is 474 g/mol. The molecule has 176 valence electrons. The molecule has 0 aromatic heterocycles. The van der Waals surface area contributed by atoms with Crippen molar-refractivity contribution in [1.29, 1.82) is 0 Å². The first-order valence-corrected chi connectivity index (χ1v) is 10.7. The summed E-state index contributed by atoms with van der Waals surface area (Å²) in [6.07, 6.45) is 0.396. The summed E-state index contributed by atoms with van der Waals surface area (Å²) in [6.45, 7) is 16.3. The van der Waals surface area contributed by atoms with Gasteiger partial charge in [-0.15, -0.1) is 11.5 Å². The van der Waals surface area contributed by atoms with Crippen LogP contribution in [-0.2, 0) is 39.0 Å². The van der Waals surface area contributed by atoms with Gasteiger partial charge in [-0.25, -0.2) is 0 Å². The molecule has 0 radical (unpaired) electrons. The average molecular weight is 475 g/mol. The van der Waals surface area contributed by atoms with Crippen molar-refractivity contribution in [2.24, 2.45) is 0 Å². The van der Waals surface area contributed by atoms with Gasteiger partial charge < -0.3 is 20.8 Å². The van der Waals surface area contributed by atoms with Gasteiger partial charge in [0, 0.05) is 0 Å². The van der Waals surface area contributed by atoms with Gasteiger partial charge in [0.2, 0.25) is 0 Å². The van der Waals surface area contributed by atoms with Gasteiger partial charge in [-0.05, 0) is 42.2 Å². The molecule has 4 nitrogen and oxygen atoms in total.